The van der Waals surface area contributed by atoms with E-state index >= 15 is 0 Å². The number of carbonyl (C=O) groups excluding carboxylic acids is 1. The van der Waals surface area contributed by atoms with Gasteiger partial charge in [0.2, 0.25) is 0 Å². The summed E-state index contributed by atoms with van der Waals surface area (Å²) in [7, 11) is 1.79. The molecule has 0 bridgehead atoms. The van der Waals surface area contributed by atoms with Gasteiger partial charge in [0.05, 0.1) is 6.20 Å². The number of hydrogen-bond acceptors (Lipinski definition) is 4. The summed E-state index contributed by atoms with van der Waals surface area (Å²) >= 11 is 1.27. The van der Waals surface area contributed by atoms with Crippen LogP contribution >= 0.6 is 11.8 Å². The molecule has 1 rings (SSSR count). The Morgan fingerprint density at radius 2 is 2.50 bits per heavy atom. The monoisotopic (exact) mass is 211 g/mol. The van der Waals surface area contributed by atoms with Crippen LogP contribution in [0.2, 0.25) is 0 Å². The Hall–Kier alpha value is -1.23. The third-order valence-corrected chi connectivity index (χ3v) is 2.46. The third-order valence-electron chi connectivity index (χ3n) is 1.69. The van der Waals surface area contributed by atoms with Gasteiger partial charge in [-0.3, -0.25) is 9.48 Å². The highest BCUT2D eigenvalue weighted by molar-refractivity contribution is 8.13. The number of aryl methyl sites for hydroxylation is 1. The van der Waals surface area contributed by atoms with Gasteiger partial charge < -0.3 is 5.73 Å². The fraction of sp³-hybridized carbons (Fsp3) is 0.333. The van der Waals surface area contributed by atoms with Crippen molar-refractivity contribution in [2.24, 2.45) is 7.05 Å². The third kappa shape index (κ3) is 2.92. The van der Waals surface area contributed by atoms with Gasteiger partial charge in [-0.05, 0) is 0 Å². The van der Waals surface area contributed by atoms with Crippen molar-refractivity contribution in [1.82, 2.24) is 9.78 Å². The number of nitrogens with two attached hydrogens (primary N) is 1. The number of anilines is 1. The van der Waals surface area contributed by atoms with Crippen LogP contribution in [0.15, 0.2) is 12.3 Å². The molecular formula is C9H13N3OS. The van der Waals surface area contributed by atoms with E-state index in [4.69, 9.17) is 5.73 Å². The quantitative estimate of drug-likeness (QED) is 0.818. The maximum Gasteiger partial charge on any atom is 0.186 e. The summed E-state index contributed by atoms with van der Waals surface area (Å²) in [6.07, 6.45) is 5.47. The summed E-state index contributed by atoms with van der Waals surface area (Å²) < 4.78 is 1.61. The first-order valence-electron chi connectivity index (χ1n) is 4.18. The average molecular weight is 211 g/mol. The van der Waals surface area contributed by atoms with Gasteiger partial charge in [0.15, 0.2) is 5.12 Å². The molecular weight excluding hydrogens is 198 g/mol. The number of thioether (sulfide) groups is 1. The van der Waals surface area contributed by atoms with Crippen molar-refractivity contribution in [2.45, 2.75) is 6.92 Å². The molecule has 5 heteroatoms. The maximum atomic E-state index is 10.6. The molecule has 0 fully saturated rings. The smallest absolute Gasteiger partial charge is 0.186 e. The van der Waals surface area contributed by atoms with Gasteiger partial charge in [0, 0.05) is 25.3 Å². The summed E-state index contributed by atoms with van der Waals surface area (Å²) in [5.74, 6) is 1.30. The van der Waals surface area contributed by atoms with Gasteiger partial charge in [-0.1, -0.05) is 23.9 Å². The zero-order valence-corrected chi connectivity index (χ0v) is 9.04. The highest BCUT2D eigenvalue weighted by atomic mass is 32.2. The van der Waals surface area contributed by atoms with Crippen molar-refractivity contribution in [3.63, 3.8) is 0 Å². The van der Waals surface area contributed by atoms with Gasteiger partial charge in [0.1, 0.15) is 5.82 Å². The number of hydrogen-bond donors (Lipinski definition) is 1. The Morgan fingerprint density at radius 1 is 1.79 bits per heavy atom. The zero-order chi connectivity index (χ0) is 10.6. The van der Waals surface area contributed by atoms with Crippen molar-refractivity contribution < 1.29 is 4.79 Å². The molecule has 1 aromatic heterocycles. The minimum atomic E-state index is 0.119. The lowest BCUT2D eigenvalue weighted by Gasteiger charge is -1.93. The van der Waals surface area contributed by atoms with Crippen LogP contribution in [0, 0.1) is 0 Å². The topological polar surface area (TPSA) is 60.9 Å². The largest absolute Gasteiger partial charge is 0.383 e. The summed E-state index contributed by atoms with van der Waals surface area (Å²) in [6, 6.07) is 0. The first kappa shape index (κ1) is 10.8. The molecule has 0 saturated carbocycles. The molecule has 0 radical (unpaired) electrons. The molecule has 0 spiro atoms. The SMILES string of the molecule is CC(=O)SCC=Cc1cnn(C)c1N. The van der Waals surface area contributed by atoms with E-state index in [0.717, 1.165) is 5.56 Å². The standard InChI is InChI=1S/C9H13N3OS/c1-7(13)14-5-3-4-8-6-11-12(2)9(8)10/h3-4,6H,5,10H2,1-2H3. The predicted octanol–water partition coefficient (Wildman–Crippen LogP) is 1.30. The van der Waals surface area contributed by atoms with Crippen molar-refractivity contribution >= 4 is 28.8 Å². The summed E-state index contributed by atoms with van der Waals surface area (Å²) in [5, 5.41) is 4.12. The van der Waals surface area contributed by atoms with Gasteiger partial charge in [-0.2, -0.15) is 5.10 Å². The second kappa shape index (κ2) is 4.85. The summed E-state index contributed by atoms with van der Waals surface area (Å²) in [6.45, 7) is 1.55. The Morgan fingerprint density at radius 3 is 3.00 bits per heavy atom. The number of nitrogens with zero attached hydrogens (tertiary/aromatic N) is 2. The lowest BCUT2D eigenvalue weighted by molar-refractivity contribution is -0.109. The molecule has 0 unspecified atom stereocenters. The van der Waals surface area contributed by atoms with Crippen molar-refractivity contribution in [3.05, 3.63) is 17.8 Å². The molecule has 1 aromatic rings. The molecule has 0 saturated heterocycles. The second-order valence-corrected chi connectivity index (χ2v) is 4.01. The molecule has 0 aromatic carbocycles. The number of nitrogen functional groups attached to an aromatic ring is 1. The van der Waals surface area contributed by atoms with Crippen LogP contribution < -0.4 is 5.73 Å². The first-order chi connectivity index (χ1) is 6.61. The van der Waals surface area contributed by atoms with Crippen molar-refractivity contribution in [3.8, 4) is 0 Å². The molecule has 14 heavy (non-hydrogen) atoms. The lowest BCUT2D eigenvalue weighted by atomic mass is 10.3. The highest BCUT2D eigenvalue weighted by Gasteiger charge is 1.99. The van der Waals surface area contributed by atoms with E-state index in [0.29, 0.717) is 11.6 Å². The van der Waals surface area contributed by atoms with E-state index in [1.165, 1.54) is 11.8 Å². The normalized spacial score (nSPS) is 11.0. The van der Waals surface area contributed by atoms with E-state index < -0.39 is 0 Å². The maximum absolute atomic E-state index is 10.6. The molecule has 1 heterocycles. The van der Waals surface area contributed by atoms with Crippen LogP contribution in [0.4, 0.5) is 5.82 Å². The fourth-order valence-electron chi connectivity index (χ4n) is 0.933. The van der Waals surface area contributed by atoms with E-state index in [2.05, 4.69) is 5.10 Å². The average Bonchev–Trinajstić information content (AvgIpc) is 2.43. The van der Waals surface area contributed by atoms with Gasteiger partial charge >= 0.3 is 0 Å². The van der Waals surface area contributed by atoms with E-state index in [1.54, 1.807) is 24.9 Å². The second-order valence-electron chi connectivity index (χ2n) is 2.81. The van der Waals surface area contributed by atoms with Crippen LogP contribution in [0.3, 0.4) is 0 Å². The number of rotatable bonds is 3. The number of aromatic nitrogens is 2. The first-order valence-corrected chi connectivity index (χ1v) is 5.17. The van der Waals surface area contributed by atoms with E-state index in [1.807, 2.05) is 12.2 Å². The molecule has 0 aliphatic heterocycles. The minimum Gasteiger partial charge on any atom is -0.383 e. The minimum absolute atomic E-state index is 0.119. The van der Waals surface area contributed by atoms with Crippen molar-refractivity contribution in [2.75, 3.05) is 11.5 Å². The molecule has 0 atom stereocenters. The molecule has 0 aliphatic rings. The Labute approximate surface area is 87.2 Å². The Kier molecular flexibility index (Phi) is 3.76. The fourth-order valence-corrected chi connectivity index (χ4v) is 1.36. The molecule has 4 nitrogen and oxygen atoms in total. The van der Waals surface area contributed by atoms with Crippen LogP contribution in [-0.4, -0.2) is 20.6 Å². The molecule has 0 amide bonds. The van der Waals surface area contributed by atoms with Crippen LogP contribution in [0.25, 0.3) is 6.08 Å². The molecule has 76 valence electrons. The summed E-state index contributed by atoms with van der Waals surface area (Å²) in [5.41, 5.74) is 6.61. The Balaban J connectivity index is 2.52. The van der Waals surface area contributed by atoms with Crippen LogP contribution in [-0.2, 0) is 11.8 Å². The van der Waals surface area contributed by atoms with Crippen molar-refractivity contribution in [1.29, 1.82) is 0 Å². The van der Waals surface area contributed by atoms with E-state index in [9.17, 15) is 4.79 Å². The van der Waals surface area contributed by atoms with Crippen LogP contribution in [0.1, 0.15) is 12.5 Å². The van der Waals surface area contributed by atoms with Gasteiger partial charge in [-0.25, -0.2) is 0 Å². The number of carbonyl (C=O) groups is 1. The van der Waals surface area contributed by atoms with Crippen LogP contribution in [0.5, 0.6) is 0 Å². The van der Waals surface area contributed by atoms with Gasteiger partial charge in [-0.15, -0.1) is 0 Å². The predicted molar refractivity (Wildman–Crippen MR) is 59.8 cm³/mol. The Bertz CT molecular complexity index is 357. The lowest BCUT2D eigenvalue weighted by Crippen LogP contribution is -1.97. The molecule has 2 N–H and O–H groups in total. The van der Waals surface area contributed by atoms with Gasteiger partial charge in [0.25, 0.3) is 0 Å². The molecule has 0 aliphatic carbocycles. The highest BCUT2D eigenvalue weighted by Crippen LogP contribution is 2.12. The van der Waals surface area contributed by atoms with E-state index in [-0.39, 0.29) is 5.12 Å². The summed E-state index contributed by atoms with van der Waals surface area (Å²) in [4.78, 5) is 10.6. The zero-order valence-electron chi connectivity index (χ0n) is 8.23.